The molecule has 0 N–H and O–H groups in total. The number of amides is 1. The number of rotatable bonds is 3. The Balaban J connectivity index is 1.64. The van der Waals surface area contributed by atoms with Gasteiger partial charge in [0.15, 0.2) is 0 Å². The first-order chi connectivity index (χ1) is 12.1. The summed E-state index contributed by atoms with van der Waals surface area (Å²) in [5.74, 6) is -0.356. The molecule has 1 atom stereocenters. The van der Waals surface area contributed by atoms with Gasteiger partial charge in [-0.2, -0.15) is 5.26 Å². The smallest absolute Gasteiger partial charge is 0.253 e. The molecule has 128 valence electrons. The maximum atomic E-state index is 13.1. The number of nitriles is 1. The number of carbonyl (C=O) groups is 1. The van der Waals surface area contributed by atoms with Gasteiger partial charge in [-0.15, -0.1) is 0 Å². The van der Waals surface area contributed by atoms with Gasteiger partial charge in [-0.25, -0.2) is 4.39 Å². The van der Waals surface area contributed by atoms with Gasteiger partial charge in [-0.1, -0.05) is 23.7 Å². The molecule has 6 heteroatoms. The van der Waals surface area contributed by atoms with Crippen molar-refractivity contribution in [2.75, 3.05) is 26.2 Å². The summed E-state index contributed by atoms with van der Waals surface area (Å²) in [6.07, 6.45) is 0. The topological polar surface area (TPSA) is 47.3 Å². The van der Waals surface area contributed by atoms with Gasteiger partial charge in [0.1, 0.15) is 11.9 Å². The molecule has 4 nitrogen and oxygen atoms in total. The van der Waals surface area contributed by atoms with Gasteiger partial charge in [-0.05, 0) is 42.0 Å². The lowest BCUT2D eigenvalue weighted by Gasteiger charge is -2.37. The standard InChI is InChI=1S/C19H17ClFN3O/c20-16-5-1-15(2-6-16)19(25)24-11-9-23(10-12-24)18(13-22)14-3-7-17(21)8-4-14/h1-8,18H,9-12H2. The van der Waals surface area contributed by atoms with Gasteiger partial charge in [0.2, 0.25) is 0 Å². The molecule has 1 heterocycles. The van der Waals surface area contributed by atoms with Crippen LogP contribution in [-0.2, 0) is 0 Å². The minimum Gasteiger partial charge on any atom is -0.336 e. The number of hydrogen-bond donors (Lipinski definition) is 0. The van der Waals surface area contributed by atoms with E-state index in [2.05, 4.69) is 6.07 Å². The Morgan fingerprint density at radius 2 is 1.64 bits per heavy atom. The third kappa shape index (κ3) is 3.98. The summed E-state index contributed by atoms with van der Waals surface area (Å²) >= 11 is 5.85. The first-order valence-electron chi connectivity index (χ1n) is 8.02. The van der Waals surface area contributed by atoms with E-state index in [-0.39, 0.29) is 11.7 Å². The molecule has 1 unspecified atom stereocenters. The van der Waals surface area contributed by atoms with E-state index >= 15 is 0 Å². The lowest BCUT2D eigenvalue weighted by molar-refractivity contribution is 0.0606. The maximum absolute atomic E-state index is 13.1. The van der Waals surface area contributed by atoms with E-state index in [1.54, 1.807) is 41.3 Å². The molecule has 1 fully saturated rings. The lowest BCUT2D eigenvalue weighted by atomic mass is 10.1. The van der Waals surface area contributed by atoms with Crippen molar-refractivity contribution < 1.29 is 9.18 Å². The van der Waals surface area contributed by atoms with E-state index in [9.17, 15) is 14.4 Å². The Hall–Kier alpha value is -2.42. The Bertz CT molecular complexity index is 778. The zero-order valence-electron chi connectivity index (χ0n) is 13.5. The van der Waals surface area contributed by atoms with Crippen LogP contribution in [0.3, 0.4) is 0 Å². The zero-order valence-corrected chi connectivity index (χ0v) is 14.3. The molecule has 1 aliphatic rings. The highest BCUT2D eigenvalue weighted by Gasteiger charge is 2.27. The van der Waals surface area contributed by atoms with Crippen LogP contribution in [-0.4, -0.2) is 41.9 Å². The number of carbonyl (C=O) groups excluding carboxylic acids is 1. The predicted molar refractivity (Wildman–Crippen MR) is 93.7 cm³/mol. The number of halogens is 2. The minimum absolute atomic E-state index is 0.0355. The minimum atomic E-state index is -0.437. The molecular formula is C19H17ClFN3O. The number of benzene rings is 2. The van der Waals surface area contributed by atoms with Crippen molar-refractivity contribution >= 4 is 17.5 Å². The first-order valence-corrected chi connectivity index (χ1v) is 8.40. The SMILES string of the molecule is N#CC(c1ccc(F)cc1)N1CCN(C(=O)c2ccc(Cl)cc2)CC1. The summed E-state index contributed by atoms with van der Waals surface area (Å²) in [5, 5.41) is 10.1. The molecule has 0 spiro atoms. The van der Waals surface area contributed by atoms with Crippen LogP contribution in [0.25, 0.3) is 0 Å². The molecule has 0 aromatic heterocycles. The monoisotopic (exact) mass is 357 g/mol. The van der Waals surface area contributed by atoms with Crippen LogP contribution in [0.5, 0.6) is 0 Å². The molecule has 25 heavy (non-hydrogen) atoms. The molecule has 0 aliphatic carbocycles. The van der Waals surface area contributed by atoms with Gasteiger partial charge >= 0.3 is 0 Å². The summed E-state index contributed by atoms with van der Waals surface area (Å²) in [5.41, 5.74) is 1.37. The average Bonchev–Trinajstić information content (AvgIpc) is 2.64. The molecule has 3 rings (SSSR count). The number of nitrogens with zero attached hydrogens (tertiary/aromatic N) is 3. The average molecular weight is 358 g/mol. The van der Waals surface area contributed by atoms with E-state index in [0.29, 0.717) is 36.8 Å². The molecule has 0 saturated carbocycles. The van der Waals surface area contributed by atoms with Crippen molar-refractivity contribution in [2.45, 2.75) is 6.04 Å². The van der Waals surface area contributed by atoms with Gasteiger partial charge in [0, 0.05) is 36.8 Å². The Kier molecular flexibility index (Phi) is 5.32. The van der Waals surface area contributed by atoms with Gasteiger partial charge in [0.25, 0.3) is 5.91 Å². The fraction of sp³-hybridized carbons (Fsp3) is 0.263. The van der Waals surface area contributed by atoms with E-state index in [4.69, 9.17) is 11.6 Å². The maximum Gasteiger partial charge on any atom is 0.253 e. The van der Waals surface area contributed by atoms with E-state index in [1.807, 2.05) is 4.90 Å². The van der Waals surface area contributed by atoms with Crippen LogP contribution in [0.1, 0.15) is 22.0 Å². The van der Waals surface area contributed by atoms with E-state index in [1.165, 1.54) is 12.1 Å². The van der Waals surface area contributed by atoms with E-state index in [0.717, 1.165) is 5.56 Å². The second-order valence-electron chi connectivity index (χ2n) is 5.92. The Morgan fingerprint density at radius 1 is 1.04 bits per heavy atom. The quantitative estimate of drug-likeness (QED) is 0.844. The van der Waals surface area contributed by atoms with Crippen molar-refractivity contribution in [3.8, 4) is 6.07 Å². The van der Waals surface area contributed by atoms with Crippen LogP contribution in [0.4, 0.5) is 4.39 Å². The predicted octanol–water partition coefficient (Wildman–Crippen LogP) is 3.50. The highest BCUT2D eigenvalue weighted by molar-refractivity contribution is 6.30. The fourth-order valence-corrected chi connectivity index (χ4v) is 3.10. The highest BCUT2D eigenvalue weighted by Crippen LogP contribution is 2.22. The van der Waals surface area contributed by atoms with Crippen LogP contribution in [0.15, 0.2) is 48.5 Å². The summed E-state index contributed by atoms with van der Waals surface area (Å²) in [7, 11) is 0. The van der Waals surface area contributed by atoms with Crippen LogP contribution < -0.4 is 0 Å². The molecule has 1 saturated heterocycles. The molecule has 0 bridgehead atoms. The largest absolute Gasteiger partial charge is 0.336 e. The zero-order chi connectivity index (χ0) is 17.8. The van der Waals surface area contributed by atoms with Crippen LogP contribution in [0.2, 0.25) is 5.02 Å². The lowest BCUT2D eigenvalue weighted by Crippen LogP contribution is -2.49. The molecule has 2 aromatic rings. The van der Waals surface area contributed by atoms with Crippen molar-refractivity contribution in [3.05, 3.63) is 70.5 Å². The summed E-state index contributed by atoms with van der Waals surface area (Å²) in [6.45, 7) is 2.27. The van der Waals surface area contributed by atoms with Gasteiger partial charge in [0.05, 0.1) is 6.07 Å². The van der Waals surface area contributed by atoms with Crippen molar-refractivity contribution in [2.24, 2.45) is 0 Å². The highest BCUT2D eigenvalue weighted by atomic mass is 35.5. The first kappa shape index (κ1) is 17.4. The third-order valence-electron chi connectivity index (χ3n) is 4.37. The summed E-state index contributed by atoms with van der Waals surface area (Å²) in [4.78, 5) is 16.3. The molecule has 1 amide bonds. The van der Waals surface area contributed by atoms with Crippen LogP contribution in [0, 0.1) is 17.1 Å². The normalized spacial score (nSPS) is 16.3. The molecule has 1 aliphatic heterocycles. The second-order valence-corrected chi connectivity index (χ2v) is 6.35. The van der Waals surface area contributed by atoms with Crippen molar-refractivity contribution in [1.29, 1.82) is 5.26 Å². The fourth-order valence-electron chi connectivity index (χ4n) is 2.97. The van der Waals surface area contributed by atoms with Gasteiger partial charge in [-0.3, -0.25) is 9.69 Å². The summed E-state index contributed by atoms with van der Waals surface area (Å²) < 4.78 is 13.1. The van der Waals surface area contributed by atoms with Gasteiger partial charge < -0.3 is 4.90 Å². The van der Waals surface area contributed by atoms with Crippen molar-refractivity contribution in [3.63, 3.8) is 0 Å². The summed E-state index contributed by atoms with van der Waals surface area (Å²) in [6, 6.07) is 14.7. The third-order valence-corrected chi connectivity index (χ3v) is 4.62. The molecule has 0 radical (unpaired) electrons. The Labute approximate surface area is 151 Å². The number of piperazine rings is 1. The van der Waals surface area contributed by atoms with Crippen LogP contribution >= 0.6 is 11.6 Å². The van der Waals surface area contributed by atoms with Crippen molar-refractivity contribution in [1.82, 2.24) is 9.80 Å². The molecular weight excluding hydrogens is 341 g/mol. The second kappa shape index (κ2) is 7.64. The number of hydrogen-bond acceptors (Lipinski definition) is 3. The van der Waals surface area contributed by atoms with E-state index < -0.39 is 6.04 Å². The Morgan fingerprint density at radius 3 is 2.20 bits per heavy atom. The molecule has 2 aromatic carbocycles.